The van der Waals surface area contributed by atoms with Crippen LogP contribution in [0.1, 0.15) is 11.6 Å². The summed E-state index contributed by atoms with van der Waals surface area (Å²) in [6.07, 6.45) is 0. The average Bonchev–Trinajstić information content (AvgIpc) is 2.54. The van der Waals surface area contributed by atoms with E-state index in [1.165, 1.54) is 0 Å². The summed E-state index contributed by atoms with van der Waals surface area (Å²) in [5.41, 5.74) is 1.09. The first-order valence-corrected chi connectivity index (χ1v) is 7.32. The van der Waals surface area contributed by atoms with E-state index in [-0.39, 0.29) is 18.6 Å². The van der Waals surface area contributed by atoms with E-state index in [4.69, 9.17) is 4.74 Å². The van der Waals surface area contributed by atoms with Crippen molar-refractivity contribution in [2.24, 2.45) is 0 Å². The third-order valence-corrected chi connectivity index (χ3v) is 3.20. The summed E-state index contributed by atoms with van der Waals surface area (Å²) in [6, 6.07) is 19.3. The second-order valence-corrected chi connectivity index (χ2v) is 5.39. The van der Waals surface area contributed by atoms with Gasteiger partial charge in [-0.3, -0.25) is 4.79 Å². The zero-order valence-electron chi connectivity index (χ0n) is 13.0. The Balaban J connectivity index is 1.93. The minimum atomic E-state index is -0.125. The van der Waals surface area contributed by atoms with Gasteiger partial charge < -0.3 is 15.0 Å². The minimum absolute atomic E-state index is 0.0147. The van der Waals surface area contributed by atoms with E-state index in [0.717, 1.165) is 12.1 Å². The fourth-order valence-corrected chi connectivity index (χ4v) is 2.19. The molecule has 22 heavy (non-hydrogen) atoms. The summed E-state index contributed by atoms with van der Waals surface area (Å²) in [4.78, 5) is 14.2. The molecule has 0 heterocycles. The third kappa shape index (κ3) is 5.22. The number of carbonyl (C=O) groups is 1. The van der Waals surface area contributed by atoms with E-state index in [1.807, 2.05) is 74.8 Å². The van der Waals surface area contributed by atoms with Gasteiger partial charge in [-0.15, -0.1) is 0 Å². The molecule has 0 bridgehead atoms. The lowest BCUT2D eigenvalue weighted by Gasteiger charge is -2.23. The van der Waals surface area contributed by atoms with Crippen LogP contribution in [0.25, 0.3) is 0 Å². The number of para-hydroxylation sites is 1. The monoisotopic (exact) mass is 298 g/mol. The second kappa shape index (κ2) is 8.20. The fraction of sp³-hybridized carbons (Fsp3) is 0.278. The fourth-order valence-electron chi connectivity index (χ4n) is 2.19. The van der Waals surface area contributed by atoms with Crippen molar-refractivity contribution in [3.63, 3.8) is 0 Å². The number of benzene rings is 2. The molecule has 0 saturated carbocycles. The Labute approximate surface area is 131 Å². The lowest BCUT2D eigenvalue weighted by molar-refractivity contribution is -0.124. The molecule has 1 atom stereocenters. The molecule has 0 fully saturated rings. The van der Waals surface area contributed by atoms with Gasteiger partial charge in [0.05, 0.1) is 6.04 Å². The molecule has 0 aromatic heterocycles. The van der Waals surface area contributed by atoms with Gasteiger partial charge in [-0.1, -0.05) is 48.5 Å². The van der Waals surface area contributed by atoms with Gasteiger partial charge in [0.2, 0.25) is 0 Å². The molecule has 2 aromatic carbocycles. The van der Waals surface area contributed by atoms with Crippen LogP contribution in [0, 0.1) is 0 Å². The number of carbonyl (C=O) groups excluding carboxylic acids is 1. The van der Waals surface area contributed by atoms with Crippen LogP contribution in [0.4, 0.5) is 0 Å². The number of hydrogen-bond donors (Lipinski definition) is 1. The van der Waals surface area contributed by atoms with Gasteiger partial charge in [0.1, 0.15) is 5.75 Å². The van der Waals surface area contributed by atoms with Crippen molar-refractivity contribution in [2.75, 3.05) is 27.2 Å². The van der Waals surface area contributed by atoms with Gasteiger partial charge in [0, 0.05) is 6.54 Å². The third-order valence-electron chi connectivity index (χ3n) is 3.20. The maximum atomic E-state index is 12.1. The summed E-state index contributed by atoms with van der Waals surface area (Å²) in [5.74, 6) is 0.570. The first kappa shape index (κ1) is 16.0. The van der Waals surface area contributed by atoms with Gasteiger partial charge in [0.25, 0.3) is 5.91 Å². The van der Waals surface area contributed by atoms with Crippen molar-refractivity contribution in [2.45, 2.75) is 6.04 Å². The molecule has 1 amide bonds. The zero-order chi connectivity index (χ0) is 15.8. The Kier molecular flexibility index (Phi) is 5.98. The number of nitrogens with one attached hydrogen (secondary N) is 1. The van der Waals surface area contributed by atoms with Crippen molar-refractivity contribution < 1.29 is 9.53 Å². The van der Waals surface area contributed by atoms with E-state index in [9.17, 15) is 4.79 Å². The maximum absolute atomic E-state index is 12.1. The summed E-state index contributed by atoms with van der Waals surface area (Å²) < 4.78 is 5.48. The molecule has 4 nitrogen and oxygen atoms in total. The van der Waals surface area contributed by atoms with Crippen LogP contribution in [-0.2, 0) is 4.79 Å². The van der Waals surface area contributed by atoms with Gasteiger partial charge in [-0.2, -0.15) is 0 Å². The van der Waals surface area contributed by atoms with Gasteiger partial charge >= 0.3 is 0 Å². The van der Waals surface area contributed by atoms with Crippen LogP contribution >= 0.6 is 0 Å². The average molecular weight is 298 g/mol. The number of ether oxygens (including phenoxy) is 1. The Morgan fingerprint density at radius 2 is 1.64 bits per heavy atom. The van der Waals surface area contributed by atoms with Crippen molar-refractivity contribution in [3.05, 3.63) is 66.2 Å². The van der Waals surface area contributed by atoms with E-state index in [0.29, 0.717) is 5.75 Å². The normalized spacial score (nSPS) is 12.0. The SMILES string of the molecule is CN(C)CC(NC(=O)COc1ccccc1)c1ccccc1. The molecule has 2 rings (SSSR count). The number of hydrogen-bond acceptors (Lipinski definition) is 3. The lowest BCUT2D eigenvalue weighted by Crippen LogP contribution is -2.37. The Bertz CT molecular complexity index is 570. The Morgan fingerprint density at radius 1 is 1.05 bits per heavy atom. The first-order chi connectivity index (χ1) is 10.6. The Hall–Kier alpha value is -2.33. The van der Waals surface area contributed by atoms with E-state index in [1.54, 1.807) is 0 Å². The molecule has 1 N–H and O–H groups in total. The summed E-state index contributed by atoms with van der Waals surface area (Å²) >= 11 is 0. The molecule has 2 aromatic rings. The predicted octanol–water partition coefficient (Wildman–Crippen LogP) is 2.48. The molecule has 1 unspecified atom stereocenters. The molecule has 0 radical (unpaired) electrons. The topological polar surface area (TPSA) is 41.6 Å². The van der Waals surface area contributed by atoms with Crippen molar-refractivity contribution in [3.8, 4) is 5.75 Å². The molecule has 116 valence electrons. The quantitative estimate of drug-likeness (QED) is 0.854. The predicted molar refractivity (Wildman–Crippen MR) is 87.8 cm³/mol. The standard InChI is InChI=1S/C18H22N2O2/c1-20(2)13-17(15-9-5-3-6-10-15)19-18(21)14-22-16-11-7-4-8-12-16/h3-12,17H,13-14H2,1-2H3,(H,19,21). The zero-order valence-corrected chi connectivity index (χ0v) is 13.0. The van der Waals surface area contributed by atoms with Crippen LogP contribution < -0.4 is 10.1 Å². The molecule has 4 heteroatoms. The van der Waals surface area contributed by atoms with Gasteiger partial charge in [-0.05, 0) is 31.8 Å². The second-order valence-electron chi connectivity index (χ2n) is 5.39. The summed E-state index contributed by atoms with van der Waals surface area (Å²) in [6.45, 7) is 0.752. The largest absolute Gasteiger partial charge is 0.484 e. The highest BCUT2D eigenvalue weighted by atomic mass is 16.5. The van der Waals surface area contributed by atoms with Crippen LogP contribution in [0.2, 0.25) is 0 Å². The summed E-state index contributed by atoms with van der Waals surface area (Å²) in [5, 5.41) is 3.03. The molecular formula is C18H22N2O2. The van der Waals surface area contributed by atoms with Crippen LogP contribution in [-0.4, -0.2) is 38.1 Å². The minimum Gasteiger partial charge on any atom is -0.484 e. The number of amides is 1. The molecule has 0 aliphatic carbocycles. The first-order valence-electron chi connectivity index (χ1n) is 7.32. The van der Waals surface area contributed by atoms with Crippen molar-refractivity contribution >= 4 is 5.91 Å². The number of rotatable bonds is 7. The van der Waals surface area contributed by atoms with E-state index in [2.05, 4.69) is 10.2 Å². The molecule has 0 saturated heterocycles. The molecule has 0 aliphatic rings. The number of likely N-dealkylation sites (N-methyl/N-ethyl adjacent to an activating group) is 1. The Morgan fingerprint density at radius 3 is 2.23 bits per heavy atom. The molecule has 0 spiro atoms. The highest BCUT2D eigenvalue weighted by molar-refractivity contribution is 5.78. The van der Waals surface area contributed by atoms with Crippen LogP contribution in [0.15, 0.2) is 60.7 Å². The molecule has 0 aliphatic heterocycles. The smallest absolute Gasteiger partial charge is 0.258 e. The van der Waals surface area contributed by atoms with Crippen LogP contribution in [0.3, 0.4) is 0 Å². The highest BCUT2D eigenvalue weighted by Crippen LogP contribution is 2.13. The van der Waals surface area contributed by atoms with Gasteiger partial charge in [-0.25, -0.2) is 0 Å². The lowest BCUT2D eigenvalue weighted by atomic mass is 10.1. The maximum Gasteiger partial charge on any atom is 0.258 e. The van der Waals surface area contributed by atoms with Crippen molar-refractivity contribution in [1.29, 1.82) is 0 Å². The van der Waals surface area contributed by atoms with Crippen LogP contribution in [0.5, 0.6) is 5.75 Å². The van der Waals surface area contributed by atoms with Crippen molar-refractivity contribution in [1.82, 2.24) is 10.2 Å². The highest BCUT2D eigenvalue weighted by Gasteiger charge is 2.15. The van der Waals surface area contributed by atoms with Gasteiger partial charge in [0.15, 0.2) is 6.61 Å². The molecular weight excluding hydrogens is 276 g/mol. The summed E-state index contributed by atoms with van der Waals surface area (Å²) in [7, 11) is 3.98. The number of nitrogens with zero attached hydrogens (tertiary/aromatic N) is 1. The van der Waals surface area contributed by atoms with E-state index >= 15 is 0 Å². The van der Waals surface area contributed by atoms with E-state index < -0.39 is 0 Å².